The predicted octanol–water partition coefficient (Wildman–Crippen LogP) is 1.02. The van der Waals surface area contributed by atoms with Gasteiger partial charge in [-0.1, -0.05) is 6.08 Å². The first kappa shape index (κ1) is 9.26. The molecule has 1 heterocycles. The van der Waals surface area contributed by atoms with Crippen LogP contribution in [0, 0.1) is 0 Å². The topological polar surface area (TPSA) is 46.5 Å². The van der Waals surface area contributed by atoms with Crippen molar-refractivity contribution in [3.05, 3.63) is 12.7 Å². The summed E-state index contributed by atoms with van der Waals surface area (Å²) >= 11 is 0. The van der Waals surface area contributed by atoms with Gasteiger partial charge in [-0.15, -0.1) is 6.58 Å². The summed E-state index contributed by atoms with van der Waals surface area (Å²) < 4.78 is 5.03. The van der Waals surface area contributed by atoms with Crippen LogP contribution in [0.25, 0.3) is 0 Å². The Morgan fingerprint density at radius 2 is 2.58 bits per heavy atom. The molecule has 0 amide bonds. The van der Waals surface area contributed by atoms with Gasteiger partial charge in [-0.3, -0.25) is 4.79 Å². The SMILES string of the molecule is C=CCC[C@@]1(C)OC(=O)C[C@@H]1O. The molecule has 68 valence electrons. The van der Waals surface area contributed by atoms with Crippen LogP contribution in [0.3, 0.4) is 0 Å². The average molecular weight is 170 g/mol. The smallest absolute Gasteiger partial charge is 0.309 e. The molecule has 0 bridgehead atoms. The molecule has 12 heavy (non-hydrogen) atoms. The van der Waals surface area contributed by atoms with E-state index in [0.717, 1.165) is 6.42 Å². The summed E-state index contributed by atoms with van der Waals surface area (Å²) in [5.74, 6) is -0.311. The number of aliphatic hydroxyl groups is 1. The summed E-state index contributed by atoms with van der Waals surface area (Å²) in [5, 5.41) is 9.47. The molecule has 1 N–H and O–H groups in total. The van der Waals surface area contributed by atoms with Gasteiger partial charge in [-0.25, -0.2) is 0 Å². The molecule has 0 aliphatic carbocycles. The van der Waals surface area contributed by atoms with E-state index in [9.17, 15) is 9.90 Å². The number of aliphatic hydroxyl groups excluding tert-OH is 1. The van der Waals surface area contributed by atoms with Crippen LogP contribution in [0.4, 0.5) is 0 Å². The number of cyclic esters (lactones) is 1. The number of carbonyl (C=O) groups excluding carboxylic acids is 1. The third-order valence-corrected chi connectivity index (χ3v) is 2.26. The Hall–Kier alpha value is -0.830. The molecule has 2 atom stereocenters. The van der Waals surface area contributed by atoms with Crippen LogP contribution in [0.2, 0.25) is 0 Å². The van der Waals surface area contributed by atoms with Crippen molar-refractivity contribution in [2.75, 3.05) is 0 Å². The van der Waals surface area contributed by atoms with Crippen molar-refractivity contribution < 1.29 is 14.6 Å². The predicted molar refractivity (Wildman–Crippen MR) is 44.6 cm³/mol. The van der Waals surface area contributed by atoms with Crippen molar-refractivity contribution in [2.24, 2.45) is 0 Å². The third-order valence-electron chi connectivity index (χ3n) is 2.26. The fourth-order valence-corrected chi connectivity index (χ4v) is 1.35. The van der Waals surface area contributed by atoms with Crippen LogP contribution in [-0.4, -0.2) is 22.8 Å². The molecule has 0 aromatic carbocycles. The molecule has 1 rings (SSSR count). The van der Waals surface area contributed by atoms with Gasteiger partial charge in [0.15, 0.2) is 0 Å². The van der Waals surface area contributed by atoms with Gasteiger partial charge in [-0.2, -0.15) is 0 Å². The molecule has 0 aromatic rings. The molecule has 0 saturated carbocycles. The fraction of sp³-hybridized carbons (Fsp3) is 0.667. The second-order valence-electron chi connectivity index (χ2n) is 3.33. The van der Waals surface area contributed by atoms with E-state index in [1.165, 1.54) is 0 Å². The molecule has 1 aliphatic rings. The summed E-state index contributed by atoms with van der Waals surface area (Å²) in [5.41, 5.74) is -0.689. The van der Waals surface area contributed by atoms with E-state index in [1.54, 1.807) is 13.0 Å². The third kappa shape index (κ3) is 1.67. The molecular formula is C9H14O3. The van der Waals surface area contributed by atoms with Gasteiger partial charge in [0.05, 0.1) is 6.42 Å². The lowest BCUT2D eigenvalue weighted by atomic mass is 9.94. The van der Waals surface area contributed by atoms with Gasteiger partial charge in [0.2, 0.25) is 0 Å². The summed E-state index contributed by atoms with van der Waals surface area (Å²) in [6.07, 6.45) is 2.60. The van der Waals surface area contributed by atoms with E-state index < -0.39 is 11.7 Å². The maximum atomic E-state index is 10.8. The van der Waals surface area contributed by atoms with Gasteiger partial charge < -0.3 is 9.84 Å². The number of hydrogen-bond donors (Lipinski definition) is 1. The lowest BCUT2D eigenvalue weighted by Crippen LogP contribution is -2.35. The van der Waals surface area contributed by atoms with E-state index in [0.29, 0.717) is 6.42 Å². The first-order valence-corrected chi connectivity index (χ1v) is 4.09. The highest BCUT2D eigenvalue weighted by Crippen LogP contribution is 2.30. The summed E-state index contributed by atoms with van der Waals surface area (Å²) in [6.45, 7) is 5.33. The van der Waals surface area contributed by atoms with Crippen molar-refractivity contribution in [2.45, 2.75) is 37.9 Å². The molecule has 1 saturated heterocycles. The Balaban J connectivity index is 2.57. The molecule has 1 fully saturated rings. The normalized spacial score (nSPS) is 34.8. The van der Waals surface area contributed by atoms with Crippen LogP contribution in [0.1, 0.15) is 26.2 Å². The van der Waals surface area contributed by atoms with E-state index in [2.05, 4.69) is 6.58 Å². The van der Waals surface area contributed by atoms with E-state index in [4.69, 9.17) is 4.74 Å². The van der Waals surface area contributed by atoms with Gasteiger partial charge in [-0.05, 0) is 19.8 Å². The molecule has 0 radical (unpaired) electrons. The first-order chi connectivity index (χ1) is 5.58. The maximum Gasteiger partial charge on any atom is 0.309 e. The average Bonchev–Trinajstić information content (AvgIpc) is 2.23. The van der Waals surface area contributed by atoms with Crippen molar-refractivity contribution >= 4 is 5.97 Å². The van der Waals surface area contributed by atoms with Gasteiger partial charge >= 0.3 is 5.97 Å². The second kappa shape index (κ2) is 3.27. The molecular weight excluding hydrogens is 156 g/mol. The van der Waals surface area contributed by atoms with Crippen LogP contribution < -0.4 is 0 Å². The number of hydrogen-bond acceptors (Lipinski definition) is 3. The van der Waals surface area contributed by atoms with Crippen molar-refractivity contribution in [1.82, 2.24) is 0 Å². The Morgan fingerprint density at radius 3 is 3.00 bits per heavy atom. The highest BCUT2D eigenvalue weighted by Gasteiger charge is 2.43. The summed E-state index contributed by atoms with van der Waals surface area (Å²) in [6, 6.07) is 0. The quantitative estimate of drug-likeness (QED) is 0.508. The van der Waals surface area contributed by atoms with Crippen LogP contribution in [0.15, 0.2) is 12.7 Å². The highest BCUT2D eigenvalue weighted by atomic mass is 16.6. The summed E-state index contributed by atoms with van der Waals surface area (Å²) in [7, 11) is 0. The number of ether oxygens (including phenoxy) is 1. The van der Waals surface area contributed by atoms with E-state index in [1.807, 2.05) is 0 Å². The van der Waals surface area contributed by atoms with Crippen LogP contribution in [-0.2, 0) is 9.53 Å². The van der Waals surface area contributed by atoms with E-state index >= 15 is 0 Å². The number of esters is 1. The number of rotatable bonds is 3. The zero-order valence-electron chi connectivity index (χ0n) is 7.25. The van der Waals surface area contributed by atoms with Crippen molar-refractivity contribution in [3.63, 3.8) is 0 Å². The maximum absolute atomic E-state index is 10.8. The summed E-state index contributed by atoms with van der Waals surface area (Å²) in [4.78, 5) is 10.8. The lowest BCUT2D eigenvalue weighted by Gasteiger charge is -2.25. The molecule has 1 aliphatic heterocycles. The molecule has 0 aromatic heterocycles. The monoisotopic (exact) mass is 170 g/mol. The van der Waals surface area contributed by atoms with E-state index in [-0.39, 0.29) is 12.4 Å². The Kier molecular flexibility index (Phi) is 2.52. The molecule has 0 spiro atoms. The minimum atomic E-state index is -0.689. The Labute approximate surface area is 72.0 Å². The largest absolute Gasteiger partial charge is 0.456 e. The Morgan fingerprint density at radius 1 is 1.92 bits per heavy atom. The zero-order chi connectivity index (χ0) is 9.19. The zero-order valence-corrected chi connectivity index (χ0v) is 7.25. The molecule has 3 nitrogen and oxygen atoms in total. The lowest BCUT2D eigenvalue weighted by molar-refractivity contribution is -0.149. The first-order valence-electron chi connectivity index (χ1n) is 4.09. The van der Waals surface area contributed by atoms with Gasteiger partial charge in [0, 0.05) is 0 Å². The van der Waals surface area contributed by atoms with Crippen LogP contribution in [0.5, 0.6) is 0 Å². The minimum absolute atomic E-state index is 0.119. The minimum Gasteiger partial charge on any atom is -0.456 e. The van der Waals surface area contributed by atoms with Gasteiger partial charge in [0.25, 0.3) is 0 Å². The number of carbonyl (C=O) groups is 1. The molecule has 0 unspecified atom stereocenters. The van der Waals surface area contributed by atoms with Gasteiger partial charge in [0.1, 0.15) is 11.7 Å². The Bertz CT molecular complexity index is 200. The standard InChI is InChI=1S/C9H14O3/c1-3-4-5-9(2)7(10)6-8(11)12-9/h3,7,10H,1,4-6H2,2H3/t7-,9+/m0/s1. The van der Waals surface area contributed by atoms with Crippen molar-refractivity contribution in [1.29, 1.82) is 0 Å². The van der Waals surface area contributed by atoms with Crippen LogP contribution >= 0.6 is 0 Å². The molecule has 3 heteroatoms. The fourth-order valence-electron chi connectivity index (χ4n) is 1.35. The highest BCUT2D eigenvalue weighted by molar-refractivity contribution is 5.73. The van der Waals surface area contributed by atoms with Crippen molar-refractivity contribution in [3.8, 4) is 0 Å². The second-order valence-corrected chi connectivity index (χ2v) is 3.33. The number of allylic oxidation sites excluding steroid dienone is 1.